The molecule has 1 aromatic rings. The molecule has 0 bridgehead atoms. The molecule has 0 radical (unpaired) electrons. The van der Waals surface area contributed by atoms with Gasteiger partial charge in [0.1, 0.15) is 6.04 Å². The number of piperidine rings is 1. The predicted octanol–water partition coefficient (Wildman–Crippen LogP) is 2.80. The summed E-state index contributed by atoms with van der Waals surface area (Å²) in [4.78, 5) is 16.4. The summed E-state index contributed by atoms with van der Waals surface area (Å²) in [5, 5.41) is 9.37. The van der Waals surface area contributed by atoms with E-state index in [1.54, 1.807) is 4.90 Å². The van der Waals surface area contributed by atoms with Crippen molar-refractivity contribution in [1.82, 2.24) is 14.1 Å². The number of nitrogens with zero attached hydrogens (tertiary/aromatic N) is 4. The summed E-state index contributed by atoms with van der Waals surface area (Å²) in [6, 6.07) is 5.86. The maximum atomic E-state index is 13.0. The van der Waals surface area contributed by atoms with Crippen LogP contribution >= 0.6 is 0 Å². The van der Waals surface area contributed by atoms with Gasteiger partial charge in [0.15, 0.2) is 0 Å². The van der Waals surface area contributed by atoms with Crippen LogP contribution in [-0.2, 0) is 21.0 Å². The first-order chi connectivity index (χ1) is 15.4. The Morgan fingerprint density at radius 1 is 1.09 bits per heavy atom. The molecule has 0 aromatic heterocycles. The van der Waals surface area contributed by atoms with Crippen LogP contribution in [0.4, 0.5) is 13.2 Å². The van der Waals surface area contributed by atoms with Crippen molar-refractivity contribution in [2.45, 2.75) is 43.8 Å². The molecule has 182 valence electrons. The number of piperazine rings is 1. The first-order valence-corrected chi connectivity index (χ1v) is 12.5. The van der Waals surface area contributed by atoms with Gasteiger partial charge in [-0.15, -0.1) is 0 Å². The minimum Gasteiger partial charge on any atom is -0.340 e. The summed E-state index contributed by atoms with van der Waals surface area (Å²) < 4.78 is 65.8. The molecule has 3 rings (SSSR count). The Morgan fingerprint density at radius 3 is 2.21 bits per heavy atom. The number of rotatable bonds is 5. The zero-order valence-corrected chi connectivity index (χ0v) is 19.6. The number of hydrogen-bond acceptors (Lipinski definition) is 5. The number of carbonyl (C=O) groups excluding carboxylic acids is 1. The molecule has 0 spiro atoms. The Bertz CT molecular complexity index is 991. The minimum absolute atomic E-state index is 0.0242. The lowest BCUT2D eigenvalue weighted by molar-refractivity contribution is -0.139. The van der Waals surface area contributed by atoms with E-state index in [0.29, 0.717) is 45.1 Å². The average molecular weight is 487 g/mol. The third kappa shape index (κ3) is 5.67. The zero-order valence-electron chi connectivity index (χ0n) is 18.8. The van der Waals surface area contributed by atoms with Crippen molar-refractivity contribution in [1.29, 1.82) is 5.26 Å². The van der Waals surface area contributed by atoms with Crippen molar-refractivity contribution in [2.24, 2.45) is 11.8 Å². The first kappa shape index (κ1) is 25.5. The van der Waals surface area contributed by atoms with Gasteiger partial charge in [-0.3, -0.25) is 9.69 Å². The lowest BCUT2D eigenvalue weighted by Crippen LogP contribution is -2.54. The molecule has 2 fully saturated rings. The number of alkyl halides is 3. The molecule has 2 aliphatic rings. The van der Waals surface area contributed by atoms with Gasteiger partial charge in [-0.25, -0.2) is 8.42 Å². The van der Waals surface area contributed by atoms with E-state index >= 15 is 0 Å². The van der Waals surface area contributed by atoms with E-state index in [0.717, 1.165) is 22.5 Å². The summed E-state index contributed by atoms with van der Waals surface area (Å²) in [5.74, 6) is -0.148. The van der Waals surface area contributed by atoms with Gasteiger partial charge in [-0.2, -0.15) is 22.7 Å². The van der Waals surface area contributed by atoms with E-state index in [1.165, 1.54) is 0 Å². The van der Waals surface area contributed by atoms with E-state index in [9.17, 15) is 31.6 Å². The summed E-state index contributed by atoms with van der Waals surface area (Å²) in [6.07, 6.45) is -3.98. The van der Waals surface area contributed by atoms with E-state index in [4.69, 9.17) is 0 Å². The van der Waals surface area contributed by atoms with Crippen LogP contribution in [0.5, 0.6) is 0 Å². The first-order valence-electron chi connectivity index (χ1n) is 11.0. The Hall–Kier alpha value is -2.16. The fraction of sp³-hybridized carbons (Fsp3) is 0.636. The lowest BCUT2D eigenvalue weighted by Gasteiger charge is -2.40. The van der Waals surface area contributed by atoms with Gasteiger partial charge in [-0.1, -0.05) is 19.9 Å². The second-order valence-electron chi connectivity index (χ2n) is 8.88. The zero-order chi connectivity index (χ0) is 24.4. The molecule has 1 unspecified atom stereocenters. The third-order valence-corrected chi connectivity index (χ3v) is 8.28. The Morgan fingerprint density at radius 2 is 1.70 bits per heavy atom. The number of halogens is 3. The molecule has 1 aromatic carbocycles. The molecular formula is C22H29F3N4O3S. The minimum atomic E-state index is -4.63. The maximum absolute atomic E-state index is 13.0. The van der Waals surface area contributed by atoms with Crippen LogP contribution in [0.3, 0.4) is 0 Å². The normalized spacial score (nSPS) is 20.6. The van der Waals surface area contributed by atoms with Crippen LogP contribution in [-0.4, -0.2) is 73.7 Å². The molecule has 33 heavy (non-hydrogen) atoms. The molecule has 0 aliphatic carbocycles. The Kier molecular flexibility index (Phi) is 7.71. The van der Waals surface area contributed by atoms with Crippen LogP contribution in [0.25, 0.3) is 0 Å². The van der Waals surface area contributed by atoms with Crippen molar-refractivity contribution >= 4 is 15.9 Å². The highest BCUT2D eigenvalue weighted by atomic mass is 32.2. The fourth-order valence-electron chi connectivity index (χ4n) is 4.46. The van der Waals surface area contributed by atoms with Gasteiger partial charge >= 0.3 is 6.18 Å². The van der Waals surface area contributed by atoms with Crippen molar-refractivity contribution in [3.8, 4) is 6.07 Å². The fourth-order valence-corrected chi connectivity index (χ4v) is 5.97. The van der Waals surface area contributed by atoms with Gasteiger partial charge in [0.05, 0.1) is 16.5 Å². The van der Waals surface area contributed by atoms with Crippen LogP contribution in [0.1, 0.15) is 32.3 Å². The molecular weight excluding hydrogens is 457 g/mol. The van der Waals surface area contributed by atoms with Gasteiger partial charge < -0.3 is 4.90 Å². The quantitative estimate of drug-likeness (QED) is 0.639. The van der Waals surface area contributed by atoms with Crippen molar-refractivity contribution < 1.29 is 26.4 Å². The van der Waals surface area contributed by atoms with Gasteiger partial charge in [-0.05, 0) is 37.0 Å². The lowest BCUT2D eigenvalue weighted by atomic mass is 9.96. The maximum Gasteiger partial charge on any atom is 0.416 e. The van der Waals surface area contributed by atoms with E-state index in [-0.39, 0.29) is 36.9 Å². The molecule has 2 saturated heterocycles. The molecule has 1 atom stereocenters. The SMILES string of the molecule is CC(C)C(C#N)N1CCN(C(=O)C2CCN(S(=O)(=O)c3cccc(C(F)(F)F)c3)CC2)CC1. The molecule has 7 nitrogen and oxygen atoms in total. The molecule has 0 N–H and O–H groups in total. The van der Waals surface area contributed by atoms with E-state index in [2.05, 4.69) is 11.0 Å². The summed E-state index contributed by atoms with van der Waals surface area (Å²) in [6.45, 7) is 6.42. The van der Waals surface area contributed by atoms with Crippen molar-refractivity contribution in [3.05, 3.63) is 29.8 Å². The van der Waals surface area contributed by atoms with Gasteiger partial charge in [0.2, 0.25) is 15.9 Å². The van der Waals surface area contributed by atoms with Crippen LogP contribution in [0, 0.1) is 23.2 Å². The summed E-state index contributed by atoms with van der Waals surface area (Å²) >= 11 is 0. The average Bonchev–Trinajstić information content (AvgIpc) is 2.79. The van der Waals surface area contributed by atoms with E-state index < -0.39 is 26.7 Å². The molecule has 11 heteroatoms. The number of sulfonamides is 1. The smallest absolute Gasteiger partial charge is 0.340 e. The molecule has 2 aliphatic heterocycles. The molecule has 1 amide bonds. The third-order valence-electron chi connectivity index (χ3n) is 6.39. The Labute approximate surface area is 192 Å². The highest BCUT2D eigenvalue weighted by Gasteiger charge is 2.37. The van der Waals surface area contributed by atoms with E-state index in [1.807, 2.05) is 13.8 Å². The monoisotopic (exact) mass is 486 g/mol. The van der Waals surface area contributed by atoms with Crippen molar-refractivity contribution in [2.75, 3.05) is 39.3 Å². The largest absolute Gasteiger partial charge is 0.416 e. The van der Waals surface area contributed by atoms with Gasteiger partial charge in [0, 0.05) is 45.2 Å². The standard InChI is InChI=1S/C22H29F3N4O3S/c1-16(2)20(15-26)27-10-12-28(13-11-27)21(30)17-6-8-29(9-7-17)33(31,32)19-5-3-4-18(14-19)22(23,24)25/h3-5,14,16-17,20H,6-13H2,1-2H3. The highest BCUT2D eigenvalue weighted by molar-refractivity contribution is 7.89. The second kappa shape index (κ2) is 9.99. The number of amides is 1. The van der Waals surface area contributed by atoms with Crippen molar-refractivity contribution in [3.63, 3.8) is 0 Å². The van der Waals surface area contributed by atoms with Crippen LogP contribution in [0.2, 0.25) is 0 Å². The number of benzene rings is 1. The molecule has 0 saturated carbocycles. The highest BCUT2D eigenvalue weighted by Crippen LogP contribution is 2.32. The number of nitriles is 1. The topological polar surface area (TPSA) is 84.7 Å². The summed E-state index contributed by atoms with van der Waals surface area (Å²) in [5.41, 5.74) is -1.01. The summed E-state index contributed by atoms with van der Waals surface area (Å²) in [7, 11) is -4.08. The van der Waals surface area contributed by atoms with Gasteiger partial charge in [0.25, 0.3) is 0 Å². The number of hydrogen-bond donors (Lipinski definition) is 0. The number of carbonyl (C=O) groups is 1. The Balaban J connectivity index is 1.58. The van der Waals surface area contributed by atoms with Crippen LogP contribution < -0.4 is 0 Å². The second-order valence-corrected chi connectivity index (χ2v) is 10.8. The van der Waals surface area contributed by atoms with Crippen LogP contribution in [0.15, 0.2) is 29.2 Å². The molecule has 2 heterocycles. The predicted molar refractivity (Wildman–Crippen MR) is 115 cm³/mol.